The summed E-state index contributed by atoms with van der Waals surface area (Å²) < 4.78 is 19.9. The fourth-order valence-electron chi connectivity index (χ4n) is 2.74. The van der Waals surface area contributed by atoms with Gasteiger partial charge in [0.2, 0.25) is 0 Å². The van der Waals surface area contributed by atoms with Crippen molar-refractivity contribution in [1.82, 2.24) is 0 Å². The van der Waals surface area contributed by atoms with E-state index in [9.17, 15) is 9.18 Å². The smallest absolute Gasteiger partial charge is 0.264 e. The summed E-state index contributed by atoms with van der Waals surface area (Å²) in [4.78, 5) is 13.9. The molecule has 0 saturated carbocycles. The van der Waals surface area contributed by atoms with Gasteiger partial charge in [-0.3, -0.25) is 4.79 Å². The summed E-state index contributed by atoms with van der Waals surface area (Å²) in [5, 5.41) is 0. The average molecular weight is 259 g/mol. The van der Waals surface area contributed by atoms with Crippen molar-refractivity contribution in [1.29, 1.82) is 0 Å². The first kappa shape index (κ1) is 12.1. The number of hydrogen-bond acceptors (Lipinski definition) is 2. The first-order chi connectivity index (χ1) is 9.10. The minimum absolute atomic E-state index is 0.216. The van der Waals surface area contributed by atoms with Gasteiger partial charge in [0.1, 0.15) is 5.82 Å². The maximum Gasteiger partial charge on any atom is 0.264 e. The summed E-state index contributed by atoms with van der Waals surface area (Å²) >= 11 is 0. The molecule has 2 aliphatic rings. The van der Waals surface area contributed by atoms with Crippen LogP contribution in [0.4, 0.5) is 10.1 Å². The highest BCUT2D eigenvalue weighted by Gasteiger charge is 2.53. The summed E-state index contributed by atoms with van der Waals surface area (Å²) in [5.41, 5.74) is 0.648. The molecule has 0 aliphatic carbocycles. The molecule has 2 aliphatic heterocycles. The van der Waals surface area contributed by atoms with Gasteiger partial charge in [0, 0.05) is 13.5 Å². The van der Waals surface area contributed by atoms with Crippen LogP contribution in [0.1, 0.15) is 12.0 Å². The third-order valence-electron chi connectivity index (χ3n) is 3.81. The molecule has 0 fully saturated rings. The molecule has 0 saturated heterocycles. The van der Waals surface area contributed by atoms with Gasteiger partial charge in [0.15, 0.2) is 5.60 Å². The average Bonchev–Trinajstić information content (AvgIpc) is 2.64. The molecule has 0 bridgehead atoms. The first-order valence-electron chi connectivity index (χ1n) is 6.13. The Bertz CT molecular complexity index is 608. The van der Waals surface area contributed by atoms with Crippen LogP contribution >= 0.6 is 0 Å². The van der Waals surface area contributed by atoms with E-state index in [-0.39, 0.29) is 12.5 Å². The molecule has 4 heteroatoms. The maximum absolute atomic E-state index is 14.1. The van der Waals surface area contributed by atoms with E-state index in [1.54, 1.807) is 25.3 Å². The molecule has 1 unspecified atom stereocenters. The van der Waals surface area contributed by atoms with E-state index >= 15 is 0 Å². The van der Waals surface area contributed by atoms with Crippen molar-refractivity contribution in [2.24, 2.45) is 0 Å². The number of rotatable bonds is 1. The summed E-state index contributed by atoms with van der Waals surface area (Å²) in [6.45, 7) is 3.95. The lowest BCUT2D eigenvalue weighted by atomic mass is 9.88. The number of hydrogen-bond donors (Lipinski definition) is 0. The van der Waals surface area contributed by atoms with E-state index in [4.69, 9.17) is 4.74 Å². The van der Waals surface area contributed by atoms with Crippen LogP contribution < -0.4 is 4.90 Å². The van der Waals surface area contributed by atoms with Crippen molar-refractivity contribution in [3.05, 3.63) is 53.9 Å². The number of nitrogens with zero attached hydrogens (tertiary/aromatic N) is 1. The quantitative estimate of drug-likeness (QED) is 0.775. The topological polar surface area (TPSA) is 29.5 Å². The molecule has 1 spiro atoms. The Morgan fingerprint density at radius 1 is 1.53 bits per heavy atom. The van der Waals surface area contributed by atoms with Gasteiger partial charge >= 0.3 is 0 Å². The minimum Gasteiger partial charge on any atom is -0.355 e. The second-order valence-electron chi connectivity index (χ2n) is 4.80. The van der Waals surface area contributed by atoms with Crippen LogP contribution in [0.25, 0.3) is 0 Å². The Morgan fingerprint density at radius 2 is 2.32 bits per heavy atom. The van der Waals surface area contributed by atoms with Crippen LogP contribution in [0.15, 0.2) is 42.5 Å². The molecular weight excluding hydrogens is 245 g/mol. The SMILES string of the molecule is C=CC1=CCC2(OC1)C(=O)N(C)c1cccc(F)c12. The lowest BCUT2D eigenvalue weighted by Crippen LogP contribution is -2.43. The van der Waals surface area contributed by atoms with Crippen LogP contribution in [0.2, 0.25) is 0 Å². The monoisotopic (exact) mass is 259 g/mol. The highest BCUT2D eigenvalue weighted by molar-refractivity contribution is 6.07. The number of fused-ring (bicyclic) bond motifs is 2. The minimum atomic E-state index is -1.21. The van der Waals surface area contributed by atoms with E-state index < -0.39 is 11.4 Å². The summed E-state index contributed by atoms with van der Waals surface area (Å²) in [6, 6.07) is 4.70. The van der Waals surface area contributed by atoms with Gasteiger partial charge in [-0.15, -0.1) is 0 Å². The Hall–Kier alpha value is -1.94. The van der Waals surface area contributed by atoms with E-state index in [1.807, 2.05) is 6.08 Å². The molecule has 1 aromatic rings. The van der Waals surface area contributed by atoms with Crippen molar-refractivity contribution < 1.29 is 13.9 Å². The van der Waals surface area contributed by atoms with Crippen LogP contribution in [0.3, 0.4) is 0 Å². The van der Waals surface area contributed by atoms with Crippen LogP contribution in [0.5, 0.6) is 0 Å². The van der Waals surface area contributed by atoms with E-state index in [1.165, 1.54) is 11.0 Å². The second-order valence-corrected chi connectivity index (χ2v) is 4.80. The molecule has 0 radical (unpaired) electrons. The summed E-state index contributed by atoms with van der Waals surface area (Å²) in [7, 11) is 1.64. The molecule has 1 atom stereocenters. The summed E-state index contributed by atoms with van der Waals surface area (Å²) in [5.74, 6) is -0.613. The number of likely N-dealkylation sites (N-methyl/N-ethyl adjacent to an activating group) is 1. The highest BCUT2D eigenvalue weighted by Crippen LogP contribution is 2.47. The molecule has 19 heavy (non-hydrogen) atoms. The Kier molecular flexibility index (Phi) is 2.57. The van der Waals surface area contributed by atoms with Crippen molar-refractivity contribution in [2.45, 2.75) is 12.0 Å². The van der Waals surface area contributed by atoms with Crippen molar-refractivity contribution in [3.63, 3.8) is 0 Å². The fraction of sp³-hybridized carbons (Fsp3) is 0.267. The Balaban J connectivity index is 2.17. The zero-order valence-corrected chi connectivity index (χ0v) is 10.6. The van der Waals surface area contributed by atoms with Gasteiger partial charge in [-0.1, -0.05) is 24.8 Å². The largest absolute Gasteiger partial charge is 0.355 e. The standard InChI is InChI=1S/C15H14FNO2/c1-3-10-7-8-15(19-9-10)13-11(16)5-4-6-12(13)17(2)14(15)18/h3-7H,1,8-9H2,2H3. The predicted octanol–water partition coefficient (Wildman–Crippen LogP) is 2.53. The van der Waals surface area contributed by atoms with E-state index in [0.29, 0.717) is 17.7 Å². The predicted molar refractivity (Wildman–Crippen MR) is 70.3 cm³/mol. The summed E-state index contributed by atoms with van der Waals surface area (Å²) in [6.07, 6.45) is 3.92. The number of amides is 1. The van der Waals surface area contributed by atoms with E-state index in [2.05, 4.69) is 6.58 Å². The maximum atomic E-state index is 14.1. The second kappa shape index (κ2) is 4.03. The zero-order valence-electron chi connectivity index (χ0n) is 10.6. The van der Waals surface area contributed by atoms with Crippen LogP contribution in [-0.4, -0.2) is 19.6 Å². The molecule has 98 valence electrons. The van der Waals surface area contributed by atoms with E-state index in [0.717, 1.165) is 5.57 Å². The third kappa shape index (κ3) is 1.50. The van der Waals surface area contributed by atoms with Gasteiger partial charge in [-0.05, 0) is 17.7 Å². The number of benzene rings is 1. The van der Waals surface area contributed by atoms with Gasteiger partial charge in [-0.25, -0.2) is 4.39 Å². The Morgan fingerprint density at radius 3 is 2.95 bits per heavy atom. The highest BCUT2D eigenvalue weighted by atomic mass is 19.1. The van der Waals surface area contributed by atoms with Crippen LogP contribution in [0, 0.1) is 5.82 Å². The van der Waals surface area contributed by atoms with Crippen LogP contribution in [-0.2, 0) is 15.1 Å². The molecule has 3 nitrogen and oxygen atoms in total. The lowest BCUT2D eigenvalue weighted by molar-refractivity contribution is -0.143. The van der Waals surface area contributed by atoms with Gasteiger partial charge in [0.25, 0.3) is 5.91 Å². The number of carbonyl (C=O) groups excluding carboxylic acids is 1. The zero-order chi connectivity index (χ0) is 13.6. The number of ether oxygens (including phenoxy) is 1. The van der Waals surface area contributed by atoms with Gasteiger partial charge in [0.05, 0.1) is 17.9 Å². The molecular formula is C15H14FNO2. The fourth-order valence-corrected chi connectivity index (χ4v) is 2.74. The molecule has 0 N–H and O–H groups in total. The molecule has 1 aromatic carbocycles. The molecule has 3 rings (SSSR count). The molecule has 1 amide bonds. The van der Waals surface area contributed by atoms with Crippen molar-refractivity contribution >= 4 is 11.6 Å². The Labute approximate surface area is 111 Å². The number of carbonyl (C=O) groups is 1. The van der Waals surface area contributed by atoms with Gasteiger partial charge < -0.3 is 9.64 Å². The molecule has 0 aromatic heterocycles. The van der Waals surface area contributed by atoms with Gasteiger partial charge in [-0.2, -0.15) is 0 Å². The number of anilines is 1. The first-order valence-corrected chi connectivity index (χ1v) is 6.13. The van der Waals surface area contributed by atoms with Crippen molar-refractivity contribution in [3.8, 4) is 0 Å². The van der Waals surface area contributed by atoms with Crippen molar-refractivity contribution in [2.75, 3.05) is 18.6 Å². The number of halogens is 1. The molecule has 2 heterocycles. The lowest BCUT2D eigenvalue weighted by Gasteiger charge is -2.31. The third-order valence-corrected chi connectivity index (χ3v) is 3.81. The normalized spacial score (nSPS) is 25.5.